The van der Waals surface area contributed by atoms with Gasteiger partial charge in [0, 0.05) is 28.6 Å². The lowest BCUT2D eigenvalue weighted by atomic mass is 10.1. The van der Waals surface area contributed by atoms with Gasteiger partial charge in [-0.3, -0.25) is 4.79 Å². The molecule has 0 radical (unpaired) electrons. The minimum atomic E-state index is -1.13. The second kappa shape index (κ2) is 6.97. The number of hydrogen-bond donors (Lipinski definition) is 3. The zero-order valence-electron chi connectivity index (χ0n) is 10.6. The van der Waals surface area contributed by atoms with Crippen molar-refractivity contribution in [1.82, 2.24) is 10.6 Å². The maximum absolute atomic E-state index is 12.1. The molecule has 1 aliphatic rings. The third-order valence-corrected chi connectivity index (χ3v) is 4.39. The molecule has 2 rings (SSSR count). The van der Waals surface area contributed by atoms with E-state index in [0.717, 1.165) is 12.3 Å². The molecule has 0 saturated carbocycles. The van der Waals surface area contributed by atoms with Crippen LogP contribution in [0.15, 0.2) is 24.3 Å². The van der Waals surface area contributed by atoms with E-state index < -0.39 is 12.0 Å². The van der Waals surface area contributed by atoms with Crippen LogP contribution >= 0.6 is 23.4 Å². The monoisotopic (exact) mass is 314 g/mol. The first-order valence-corrected chi connectivity index (χ1v) is 7.71. The summed E-state index contributed by atoms with van der Waals surface area (Å²) in [6.45, 7) is 0.743. The van der Waals surface area contributed by atoms with E-state index in [9.17, 15) is 14.7 Å². The van der Waals surface area contributed by atoms with Gasteiger partial charge in [0.25, 0.3) is 0 Å². The fourth-order valence-corrected chi connectivity index (χ4v) is 3.14. The minimum absolute atomic E-state index is 0.315. The number of aliphatic carboxylic acids is 1. The highest BCUT2D eigenvalue weighted by Gasteiger charge is 2.28. The van der Waals surface area contributed by atoms with E-state index in [0.29, 0.717) is 16.3 Å². The molecule has 1 unspecified atom stereocenters. The van der Waals surface area contributed by atoms with Crippen molar-refractivity contribution in [2.45, 2.75) is 12.1 Å². The van der Waals surface area contributed by atoms with E-state index in [2.05, 4.69) is 10.6 Å². The van der Waals surface area contributed by atoms with Gasteiger partial charge in [-0.15, -0.1) is 0 Å². The molecule has 1 saturated heterocycles. The molecule has 2 atom stereocenters. The molecule has 0 aromatic heterocycles. The number of benzene rings is 1. The first kappa shape index (κ1) is 15.2. The van der Waals surface area contributed by atoms with E-state index in [1.54, 1.807) is 36.0 Å². The van der Waals surface area contributed by atoms with Gasteiger partial charge in [0.2, 0.25) is 5.91 Å². The zero-order valence-corrected chi connectivity index (χ0v) is 12.2. The number of carbonyl (C=O) groups is 2. The molecule has 0 aliphatic carbocycles. The highest BCUT2D eigenvalue weighted by Crippen LogP contribution is 2.23. The number of carboxylic acids is 1. The summed E-state index contributed by atoms with van der Waals surface area (Å²) in [5.74, 6) is 0.150. The average Bonchev–Trinajstić information content (AvgIpc) is 2.46. The Labute approximate surface area is 126 Å². The van der Waals surface area contributed by atoms with Crippen LogP contribution in [0.5, 0.6) is 0 Å². The quantitative estimate of drug-likeness (QED) is 0.780. The van der Waals surface area contributed by atoms with Gasteiger partial charge in [-0.1, -0.05) is 29.8 Å². The number of rotatable bonds is 4. The molecule has 3 N–H and O–H groups in total. The van der Waals surface area contributed by atoms with E-state index in [-0.39, 0.29) is 11.9 Å². The summed E-state index contributed by atoms with van der Waals surface area (Å²) >= 11 is 7.67. The Morgan fingerprint density at radius 2 is 2.20 bits per heavy atom. The summed E-state index contributed by atoms with van der Waals surface area (Å²) < 4.78 is 0. The predicted molar refractivity (Wildman–Crippen MR) is 79.1 cm³/mol. The van der Waals surface area contributed by atoms with Crippen LogP contribution in [-0.2, 0) is 9.59 Å². The van der Waals surface area contributed by atoms with Gasteiger partial charge in [0.1, 0.15) is 0 Å². The SMILES string of the molecule is O=C(N[C@@H](C(=O)O)c1ccccc1Cl)C1CSCCN1. The molecule has 108 valence electrons. The fraction of sp³-hybridized carbons (Fsp3) is 0.385. The van der Waals surface area contributed by atoms with Gasteiger partial charge >= 0.3 is 5.97 Å². The molecule has 20 heavy (non-hydrogen) atoms. The van der Waals surface area contributed by atoms with Gasteiger partial charge in [-0.2, -0.15) is 11.8 Å². The Bertz CT molecular complexity index is 506. The zero-order chi connectivity index (χ0) is 14.5. The van der Waals surface area contributed by atoms with Gasteiger partial charge < -0.3 is 15.7 Å². The van der Waals surface area contributed by atoms with Crippen molar-refractivity contribution in [2.24, 2.45) is 0 Å². The first-order chi connectivity index (χ1) is 9.59. The van der Waals surface area contributed by atoms with Crippen LogP contribution in [0.2, 0.25) is 5.02 Å². The molecule has 1 aromatic rings. The van der Waals surface area contributed by atoms with Gasteiger partial charge in [0.05, 0.1) is 6.04 Å². The molecule has 1 aromatic carbocycles. The number of carbonyl (C=O) groups excluding carboxylic acids is 1. The number of thioether (sulfide) groups is 1. The van der Waals surface area contributed by atoms with Crippen LogP contribution in [0.1, 0.15) is 11.6 Å². The Morgan fingerprint density at radius 3 is 2.80 bits per heavy atom. The molecule has 1 aliphatic heterocycles. The summed E-state index contributed by atoms with van der Waals surface area (Å²) in [6.07, 6.45) is 0. The number of amides is 1. The van der Waals surface area contributed by atoms with Crippen LogP contribution in [0, 0.1) is 0 Å². The van der Waals surface area contributed by atoms with Crippen molar-refractivity contribution in [3.05, 3.63) is 34.9 Å². The smallest absolute Gasteiger partial charge is 0.330 e. The third-order valence-electron chi connectivity index (χ3n) is 2.99. The van der Waals surface area contributed by atoms with Crippen molar-refractivity contribution in [3.8, 4) is 0 Å². The van der Waals surface area contributed by atoms with Crippen molar-refractivity contribution >= 4 is 35.2 Å². The summed E-state index contributed by atoms with van der Waals surface area (Å²) in [5.41, 5.74) is 0.387. The van der Waals surface area contributed by atoms with E-state index in [1.807, 2.05) is 0 Å². The summed E-state index contributed by atoms with van der Waals surface area (Å²) in [6, 6.07) is 5.12. The normalized spacial score (nSPS) is 20.1. The van der Waals surface area contributed by atoms with Gasteiger partial charge in [-0.05, 0) is 6.07 Å². The second-order valence-electron chi connectivity index (χ2n) is 4.38. The van der Waals surface area contributed by atoms with Crippen molar-refractivity contribution < 1.29 is 14.7 Å². The van der Waals surface area contributed by atoms with Gasteiger partial charge in [0.15, 0.2) is 6.04 Å². The maximum atomic E-state index is 12.1. The van der Waals surface area contributed by atoms with E-state index in [1.165, 1.54) is 0 Å². The maximum Gasteiger partial charge on any atom is 0.330 e. The minimum Gasteiger partial charge on any atom is -0.479 e. The standard InChI is InChI=1S/C13H15ClN2O3S/c14-9-4-2-1-3-8(9)11(13(18)19)16-12(17)10-7-20-6-5-15-10/h1-4,10-11,15H,5-7H2,(H,16,17)(H,18,19)/t10?,11-/m1/s1. The van der Waals surface area contributed by atoms with Crippen LogP contribution in [0.4, 0.5) is 0 Å². The highest BCUT2D eigenvalue weighted by atomic mass is 35.5. The largest absolute Gasteiger partial charge is 0.479 e. The molecule has 1 amide bonds. The predicted octanol–water partition coefficient (Wildman–Crippen LogP) is 1.29. The Morgan fingerprint density at radius 1 is 1.45 bits per heavy atom. The first-order valence-electron chi connectivity index (χ1n) is 6.18. The molecule has 0 spiro atoms. The van der Waals surface area contributed by atoms with Crippen molar-refractivity contribution in [2.75, 3.05) is 18.1 Å². The topological polar surface area (TPSA) is 78.4 Å². The molecular formula is C13H15ClN2O3S. The summed E-state index contributed by atoms with van der Waals surface area (Å²) in [5, 5.41) is 15.2. The average molecular weight is 315 g/mol. The van der Waals surface area contributed by atoms with Crippen molar-refractivity contribution in [3.63, 3.8) is 0 Å². The lowest BCUT2D eigenvalue weighted by molar-refractivity contribution is -0.142. The lowest BCUT2D eigenvalue weighted by Gasteiger charge is -2.24. The van der Waals surface area contributed by atoms with Crippen LogP contribution < -0.4 is 10.6 Å². The fourth-order valence-electron chi connectivity index (χ4n) is 1.96. The Hall–Kier alpha value is -1.24. The second-order valence-corrected chi connectivity index (χ2v) is 5.94. The lowest BCUT2D eigenvalue weighted by Crippen LogP contribution is -2.50. The molecule has 5 nitrogen and oxygen atoms in total. The van der Waals surface area contributed by atoms with Crippen LogP contribution in [-0.4, -0.2) is 41.1 Å². The third kappa shape index (κ3) is 3.65. The van der Waals surface area contributed by atoms with Gasteiger partial charge in [-0.25, -0.2) is 4.79 Å². The Balaban J connectivity index is 2.12. The molecule has 1 heterocycles. The molecule has 1 fully saturated rings. The Kier molecular flexibility index (Phi) is 5.28. The van der Waals surface area contributed by atoms with Crippen LogP contribution in [0.25, 0.3) is 0 Å². The number of hydrogen-bond acceptors (Lipinski definition) is 4. The number of carboxylic acid groups (broad SMARTS) is 1. The molecular weight excluding hydrogens is 300 g/mol. The van der Waals surface area contributed by atoms with Crippen molar-refractivity contribution in [1.29, 1.82) is 0 Å². The number of nitrogens with one attached hydrogen (secondary N) is 2. The molecule has 0 bridgehead atoms. The van der Waals surface area contributed by atoms with E-state index >= 15 is 0 Å². The summed E-state index contributed by atoms with van der Waals surface area (Å²) in [7, 11) is 0. The van der Waals surface area contributed by atoms with E-state index in [4.69, 9.17) is 11.6 Å². The van der Waals surface area contributed by atoms with Crippen LogP contribution in [0.3, 0.4) is 0 Å². The highest BCUT2D eigenvalue weighted by molar-refractivity contribution is 7.99. The number of halogens is 1. The molecule has 7 heteroatoms. The summed E-state index contributed by atoms with van der Waals surface area (Å²) in [4.78, 5) is 23.5.